The Kier molecular flexibility index (Phi) is 3.18. The lowest BCUT2D eigenvalue weighted by Crippen LogP contribution is -1.97. The molecular formula is C12H11FN2O2. The molecule has 0 amide bonds. The van der Waals surface area contributed by atoms with E-state index in [1.807, 2.05) is 0 Å². The van der Waals surface area contributed by atoms with Crippen molar-refractivity contribution in [2.45, 2.75) is 12.8 Å². The van der Waals surface area contributed by atoms with Gasteiger partial charge in [-0.05, 0) is 24.6 Å². The minimum Gasteiger partial charge on any atom is -0.481 e. The second kappa shape index (κ2) is 4.78. The summed E-state index contributed by atoms with van der Waals surface area (Å²) >= 11 is 0. The van der Waals surface area contributed by atoms with E-state index < -0.39 is 5.97 Å². The highest BCUT2D eigenvalue weighted by Gasteiger charge is 2.09. The fourth-order valence-corrected chi connectivity index (χ4v) is 1.54. The highest BCUT2D eigenvalue weighted by molar-refractivity contribution is 5.67. The van der Waals surface area contributed by atoms with Crippen molar-refractivity contribution in [2.24, 2.45) is 0 Å². The number of carboxylic acid groups (broad SMARTS) is 1. The number of benzene rings is 1. The van der Waals surface area contributed by atoms with Gasteiger partial charge in [0.25, 0.3) is 0 Å². The van der Waals surface area contributed by atoms with Gasteiger partial charge in [0, 0.05) is 11.3 Å². The number of carbonyl (C=O) groups is 1. The molecule has 2 N–H and O–H groups in total. The number of nitrogens with one attached hydrogen (secondary N) is 1. The molecule has 0 fully saturated rings. The summed E-state index contributed by atoms with van der Waals surface area (Å²) in [6.45, 7) is 0. The fourth-order valence-electron chi connectivity index (χ4n) is 1.54. The van der Waals surface area contributed by atoms with Crippen LogP contribution >= 0.6 is 0 Å². The molecule has 0 aliphatic carbocycles. The molecule has 0 saturated carbocycles. The van der Waals surface area contributed by atoms with Crippen LogP contribution in [0.4, 0.5) is 4.39 Å². The maximum absolute atomic E-state index is 13.5. The molecule has 0 saturated heterocycles. The normalized spacial score (nSPS) is 10.4. The Labute approximate surface area is 97.1 Å². The number of rotatable bonds is 4. The van der Waals surface area contributed by atoms with Gasteiger partial charge in [0.2, 0.25) is 0 Å². The third-order valence-corrected chi connectivity index (χ3v) is 2.39. The number of H-pyrrole nitrogens is 1. The van der Waals surface area contributed by atoms with Crippen molar-refractivity contribution < 1.29 is 14.3 Å². The molecule has 4 nitrogen and oxygen atoms in total. The van der Waals surface area contributed by atoms with Gasteiger partial charge < -0.3 is 5.11 Å². The van der Waals surface area contributed by atoms with Crippen LogP contribution in [0.5, 0.6) is 0 Å². The zero-order valence-corrected chi connectivity index (χ0v) is 8.98. The number of aromatic amines is 1. The van der Waals surface area contributed by atoms with Gasteiger partial charge in [-0.2, -0.15) is 5.10 Å². The Morgan fingerprint density at radius 1 is 1.41 bits per heavy atom. The van der Waals surface area contributed by atoms with E-state index in [4.69, 9.17) is 5.11 Å². The van der Waals surface area contributed by atoms with Crippen molar-refractivity contribution in [3.8, 4) is 11.3 Å². The molecule has 1 aromatic carbocycles. The van der Waals surface area contributed by atoms with E-state index in [-0.39, 0.29) is 12.2 Å². The van der Waals surface area contributed by atoms with Gasteiger partial charge >= 0.3 is 5.97 Å². The van der Waals surface area contributed by atoms with E-state index in [0.29, 0.717) is 23.4 Å². The first-order valence-corrected chi connectivity index (χ1v) is 5.18. The van der Waals surface area contributed by atoms with Gasteiger partial charge in [-0.3, -0.25) is 9.89 Å². The van der Waals surface area contributed by atoms with Gasteiger partial charge in [0.05, 0.1) is 12.1 Å². The lowest BCUT2D eigenvalue weighted by atomic mass is 10.1. The predicted molar refractivity (Wildman–Crippen MR) is 59.9 cm³/mol. The zero-order chi connectivity index (χ0) is 12.3. The molecule has 88 valence electrons. The van der Waals surface area contributed by atoms with E-state index in [2.05, 4.69) is 10.2 Å². The molecule has 17 heavy (non-hydrogen) atoms. The predicted octanol–water partition coefficient (Wildman–Crippen LogP) is 2.23. The molecule has 0 spiro atoms. The van der Waals surface area contributed by atoms with Crippen LogP contribution in [0.3, 0.4) is 0 Å². The Balaban J connectivity index is 2.18. The van der Waals surface area contributed by atoms with Crippen LogP contribution in [-0.4, -0.2) is 21.3 Å². The minimum atomic E-state index is -0.868. The fraction of sp³-hybridized carbons (Fsp3) is 0.167. The van der Waals surface area contributed by atoms with Crippen molar-refractivity contribution in [1.82, 2.24) is 10.2 Å². The molecule has 5 heteroatoms. The maximum atomic E-state index is 13.5. The summed E-state index contributed by atoms with van der Waals surface area (Å²) in [5.41, 5.74) is 1.58. The number of aromatic nitrogens is 2. The van der Waals surface area contributed by atoms with Crippen LogP contribution in [0.25, 0.3) is 11.3 Å². The Bertz CT molecular complexity index is 537. The van der Waals surface area contributed by atoms with Crippen molar-refractivity contribution in [2.75, 3.05) is 0 Å². The molecule has 1 heterocycles. The first-order chi connectivity index (χ1) is 8.16. The van der Waals surface area contributed by atoms with E-state index in [9.17, 15) is 9.18 Å². The summed E-state index contributed by atoms with van der Waals surface area (Å²) in [7, 11) is 0. The summed E-state index contributed by atoms with van der Waals surface area (Å²) in [5, 5.41) is 15.2. The number of hydrogen-bond acceptors (Lipinski definition) is 2. The lowest BCUT2D eigenvalue weighted by Gasteiger charge is -1.96. The zero-order valence-electron chi connectivity index (χ0n) is 8.98. The summed E-state index contributed by atoms with van der Waals surface area (Å²) in [4.78, 5) is 10.4. The Morgan fingerprint density at radius 2 is 2.18 bits per heavy atom. The van der Waals surface area contributed by atoms with Gasteiger partial charge in [0.1, 0.15) is 5.82 Å². The van der Waals surface area contributed by atoms with E-state index in [1.165, 1.54) is 6.07 Å². The molecule has 0 bridgehead atoms. The number of hydrogen-bond donors (Lipinski definition) is 2. The van der Waals surface area contributed by atoms with Crippen LogP contribution < -0.4 is 0 Å². The molecule has 1 aromatic heterocycles. The number of halogens is 1. The second-order valence-corrected chi connectivity index (χ2v) is 3.65. The lowest BCUT2D eigenvalue weighted by molar-refractivity contribution is -0.136. The van der Waals surface area contributed by atoms with Crippen LogP contribution in [0, 0.1) is 5.82 Å². The highest BCUT2D eigenvalue weighted by Crippen LogP contribution is 2.21. The Hall–Kier alpha value is -2.17. The van der Waals surface area contributed by atoms with Crippen LogP contribution in [-0.2, 0) is 11.2 Å². The van der Waals surface area contributed by atoms with E-state index >= 15 is 0 Å². The molecule has 2 rings (SSSR count). The van der Waals surface area contributed by atoms with Crippen molar-refractivity contribution in [3.63, 3.8) is 0 Å². The number of nitrogens with zero attached hydrogens (tertiary/aromatic N) is 1. The standard InChI is InChI=1S/C12H11FN2O2/c13-10-4-2-1-3-9(10)11-7-8(14-15-11)5-6-12(16)17/h1-4,7H,5-6H2,(H,14,15)(H,16,17). The summed E-state index contributed by atoms with van der Waals surface area (Å²) < 4.78 is 13.5. The third kappa shape index (κ3) is 2.69. The van der Waals surface area contributed by atoms with Crippen LogP contribution in [0.1, 0.15) is 12.1 Å². The number of aryl methyl sites for hydroxylation is 1. The van der Waals surface area contributed by atoms with Gasteiger partial charge in [-0.25, -0.2) is 4.39 Å². The monoisotopic (exact) mass is 234 g/mol. The topological polar surface area (TPSA) is 66.0 Å². The molecule has 2 aromatic rings. The first-order valence-electron chi connectivity index (χ1n) is 5.18. The van der Waals surface area contributed by atoms with Crippen LogP contribution in [0.15, 0.2) is 30.3 Å². The smallest absolute Gasteiger partial charge is 0.303 e. The maximum Gasteiger partial charge on any atom is 0.303 e. The van der Waals surface area contributed by atoms with Gasteiger partial charge in [-0.15, -0.1) is 0 Å². The molecule has 0 aliphatic heterocycles. The molecular weight excluding hydrogens is 223 g/mol. The van der Waals surface area contributed by atoms with Crippen molar-refractivity contribution >= 4 is 5.97 Å². The number of aliphatic carboxylic acids is 1. The first kappa shape index (κ1) is 11.3. The molecule has 0 atom stereocenters. The van der Waals surface area contributed by atoms with E-state index in [0.717, 1.165) is 0 Å². The summed E-state index contributed by atoms with van der Waals surface area (Å²) in [5.74, 6) is -1.21. The average Bonchev–Trinajstić information content (AvgIpc) is 2.75. The highest BCUT2D eigenvalue weighted by atomic mass is 19.1. The quantitative estimate of drug-likeness (QED) is 0.852. The van der Waals surface area contributed by atoms with Crippen molar-refractivity contribution in [1.29, 1.82) is 0 Å². The van der Waals surface area contributed by atoms with Crippen molar-refractivity contribution in [3.05, 3.63) is 41.8 Å². The SMILES string of the molecule is O=C(O)CCc1cc(-c2ccccc2F)n[nH]1. The second-order valence-electron chi connectivity index (χ2n) is 3.65. The average molecular weight is 234 g/mol. The summed E-state index contributed by atoms with van der Waals surface area (Å²) in [6.07, 6.45) is 0.385. The van der Waals surface area contributed by atoms with Gasteiger partial charge in [0.15, 0.2) is 0 Å². The largest absolute Gasteiger partial charge is 0.481 e. The molecule has 0 aliphatic rings. The summed E-state index contributed by atoms with van der Waals surface area (Å²) in [6, 6.07) is 8.00. The van der Waals surface area contributed by atoms with Gasteiger partial charge in [-0.1, -0.05) is 12.1 Å². The minimum absolute atomic E-state index is 0.0267. The molecule has 0 radical (unpaired) electrons. The Morgan fingerprint density at radius 3 is 2.88 bits per heavy atom. The van der Waals surface area contributed by atoms with E-state index in [1.54, 1.807) is 24.3 Å². The number of carboxylic acids is 1. The third-order valence-electron chi connectivity index (χ3n) is 2.39. The van der Waals surface area contributed by atoms with Crippen LogP contribution in [0.2, 0.25) is 0 Å². The molecule has 0 unspecified atom stereocenters.